The molecule has 130 valence electrons. The van der Waals surface area contributed by atoms with Crippen molar-refractivity contribution in [2.75, 3.05) is 45.9 Å². The number of guanidine groups is 1. The molecule has 0 bridgehead atoms. The summed E-state index contributed by atoms with van der Waals surface area (Å²) >= 11 is 0. The van der Waals surface area contributed by atoms with Crippen molar-refractivity contribution in [1.29, 1.82) is 0 Å². The predicted molar refractivity (Wildman–Crippen MR) is 103 cm³/mol. The Kier molecular flexibility index (Phi) is 7.88. The summed E-state index contributed by atoms with van der Waals surface area (Å²) in [6.07, 6.45) is 1.34. The van der Waals surface area contributed by atoms with Crippen LogP contribution in [0, 0.1) is 11.8 Å². The highest BCUT2D eigenvalue weighted by Gasteiger charge is 2.32. The van der Waals surface area contributed by atoms with Crippen LogP contribution in [-0.2, 0) is 4.74 Å². The zero-order chi connectivity index (χ0) is 15.5. The van der Waals surface area contributed by atoms with Gasteiger partial charge in [-0.15, -0.1) is 24.0 Å². The number of likely N-dealkylation sites (tertiary alicyclic amines) is 1. The molecule has 2 heterocycles. The van der Waals surface area contributed by atoms with E-state index in [4.69, 9.17) is 10.5 Å². The summed E-state index contributed by atoms with van der Waals surface area (Å²) in [4.78, 5) is 9.38. The summed E-state index contributed by atoms with van der Waals surface area (Å²) in [5.74, 6) is 2.21. The number of halogens is 1. The predicted octanol–water partition coefficient (Wildman–Crippen LogP) is 2.01. The third kappa shape index (κ3) is 5.53. The van der Waals surface area contributed by atoms with Crippen molar-refractivity contribution < 1.29 is 4.74 Å². The molecule has 5 nitrogen and oxygen atoms in total. The Bertz CT molecular complexity index is 359. The van der Waals surface area contributed by atoms with Crippen molar-refractivity contribution in [1.82, 2.24) is 9.80 Å². The SMILES string of the molecule is CC1CC(C)CN(C(C)(C)CN=C(N)N2CCOCC2)C1.I. The van der Waals surface area contributed by atoms with Gasteiger partial charge in [-0.1, -0.05) is 13.8 Å². The molecule has 0 amide bonds. The lowest BCUT2D eigenvalue weighted by Gasteiger charge is -2.44. The van der Waals surface area contributed by atoms with Gasteiger partial charge in [-0.2, -0.15) is 0 Å². The molecule has 0 radical (unpaired) electrons. The molecule has 6 heteroatoms. The Morgan fingerprint density at radius 2 is 1.73 bits per heavy atom. The number of morpholine rings is 1. The first-order valence-corrected chi connectivity index (χ1v) is 8.26. The standard InChI is InChI=1S/C16H32N4O.HI/c1-13-9-14(2)11-20(10-13)16(3,4)12-18-15(17)19-5-7-21-8-6-19;/h13-14H,5-12H2,1-4H3,(H2,17,18);1H. The Labute approximate surface area is 152 Å². The normalized spacial score (nSPS) is 28.4. The molecule has 0 saturated carbocycles. The molecule has 0 aliphatic carbocycles. The van der Waals surface area contributed by atoms with Crippen LogP contribution < -0.4 is 5.73 Å². The minimum absolute atomic E-state index is 0. The molecular formula is C16H33IN4O. The number of piperidine rings is 1. The summed E-state index contributed by atoms with van der Waals surface area (Å²) in [5, 5.41) is 0. The van der Waals surface area contributed by atoms with Crippen molar-refractivity contribution in [2.24, 2.45) is 22.6 Å². The summed E-state index contributed by atoms with van der Waals surface area (Å²) in [6, 6.07) is 0. The maximum absolute atomic E-state index is 6.14. The van der Waals surface area contributed by atoms with Crippen LogP contribution in [0.4, 0.5) is 0 Å². The van der Waals surface area contributed by atoms with Gasteiger partial charge in [0, 0.05) is 31.7 Å². The molecular weight excluding hydrogens is 391 g/mol. The number of nitrogens with zero attached hydrogens (tertiary/aromatic N) is 3. The van der Waals surface area contributed by atoms with Gasteiger partial charge in [0.1, 0.15) is 0 Å². The first kappa shape index (κ1) is 20.0. The van der Waals surface area contributed by atoms with E-state index in [1.807, 2.05) is 0 Å². The number of nitrogens with two attached hydrogens (primary N) is 1. The minimum atomic E-state index is 0. The summed E-state index contributed by atoms with van der Waals surface area (Å²) in [6.45, 7) is 15.6. The lowest BCUT2D eigenvalue weighted by Crippen LogP contribution is -2.53. The molecule has 2 N–H and O–H groups in total. The lowest BCUT2D eigenvalue weighted by molar-refractivity contribution is 0.0502. The lowest BCUT2D eigenvalue weighted by atomic mass is 9.88. The third-order valence-electron chi connectivity index (χ3n) is 4.69. The second-order valence-electron chi connectivity index (χ2n) is 7.44. The third-order valence-corrected chi connectivity index (χ3v) is 4.69. The molecule has 2 aliphatic rings. The zero-order valence-electron chi connectivity index (χ0n) is 14.5. The second-order valence-corrected chi connectivity index (χ2v) is 7.44. The Balaban J connectivity index is 0.00000242. The van der Waals surface area contributed by atoms with Gasteiger partial charge in [0.25, 0.3) is 0 Å². The quantitative estimate of drug-likeness (QED) is 0.428. The molecule has 0 spiro atoms. The van der Waals surface area contributed by atoms with E-state index in [-0.39, 0.29) is 29.5 Å². The number of ether oxygens (including phenoxy) is 1. The van der Waals surface area contributed by atoms with E-state index in [1.54, 1.807) is 0 Å². The summed E-state index contributed by atoms with van der Waals surface area (Å²) in [7, 11) is 0. The van der Waals surface area contributed by atoms with Crippen LogP contribution in [-0.4, -0.2) is 67.2 Å². The van der Waals surface area contributed by atoms with Crippen LogP contribution in [0.2, 0.25) is 0 Å². The number of hydrogen-bond acceptors (Lipinski definition) is 3. The van der Waals surface area contributed by atoms with E-state index >= 15 is 0 Å². The Morgan fingerprint density at radius 3 is 2.27 bits per heavy atom. The fourth-order valence-electron chi connectivity index (χ4n) is 3.42. The van der Waals surface area contributed by atoms with Crippen LogP contribution in [0.1, 0.15) is 34.1 Å². The van der Waals surface area contributed by atoms with Gasteiger partial charge < -0.3 is 15.4 Å². The van der Waals surface area contributed by atoms with E-state index in [1.165, 1.54) is 19.5 Å². The van der Waals surface area contributed by atoms with Crippen molar-refractivity contribution >= 4 is 29.9 Å². The average Bonchev–Trinajstić information content (AvgIpc) is 2.45. The molecule has 2 atom stereocenters. The highest BCUT2D eigenvalue weighted by Crippen LogP contribution is 2.27. The molecule has 2 fully saturated rings. The Hall–Kier alpha value is -0.0800. The monoisotopic (exact) mass is 424 g/mol. The number of rotatable bonds is 3. The van der Waals surface area contributed by atoms with Crippen LogP contribution in [0.5, 0.6) is 0 Å². The smallest absolute Gasteiger partial charge is 0.191 e. The van der Waals surface area contributed by atoms with Gasteiger partial charge in [-0.25, -0.2) is 0 Å². The van der Waals surface area contributed by atoms with Crippen molar-refractivity contribution in [2.45, 2.75) is 39.7 Å². The first-order valence-electron chi connectivity index (χ1n) is 8.26. The molecule has 2 unspecified atom stereocenters. The summed E-state index contributed by atoms with van der Waals surface area (Å²) < 4.78 is 5.35. The van der Waals surface area contributed by atoms with Gasteiger partial charge >= 0.3 is 0 Å². The second kappa shape index (κ2) is 8.68. The number of aliphatic imine (C=N–C) groups is 1. The van der Waals surface area contributed by atoms with E-state index in [9.17, 15) is 0 Å². The molecule has 0 aromatic carbocycles. The van der Waals surface area contributed by atoms with Crippen LogP contribution in [0.25, 0.3) is 0 Å². The topological polar surface area (TPSA) is 54.1 Å². The van der Waals surface area contributed by atoms with Crippen molar-refractivity contribution in [3.05, 3.63) is 0 Å². The maximum atomic E-state index is 6.14. The van der Waals surface area contributed by atoms with Crippen LogP contribution >= 0.6 is 24.0 Å². The van der Waals surface area contributed by atoms with Crippen LogP contribution in [0.15, 0.2) is 4.99 Å². The van der Waals surface area contributed by atoms with Gasteiger partial charge in [0.15, 0.2) is 5.96 Å². The molecule has 22 heavy (non-hydrogen) atoms. The fraction of sp³-hybridized carbons (Fsp3) is 0.938. The van der Waals surface area contributed by atoms with Gasteiger partial charge in [-0.3, -0.25) is 9.89 Å². The maximum Gasteiger partial charge on any atom is 0.191 e. The van der Waals surface area contributed by atoms with E-state index in [0.717, 1.165) is 44.7 Å². The van der Waals surface area contributed by atoms with E-state index < -0.39 is 0 Å². The molecule has 0 aromatic heterocycles. The minimum Gasteiger partial charge on any atom is -0.378 e. The van der Waals surface area contributed by atoms with Gasteiger partial charge in [-0.05, 0) is 32.1 Å². The largest absolute Gasteiger partial charge is 0.378 e. The van der Waals surface area contributed by atoms with Crippen LogP contribution in [0.3, 0.4) is 0 Å². The van der Waals surface area contributed by atoms with E-state index in [2.05, 4.69) is 42.5 Å². The zero-order valence-corrected chi connectivity index (χ0v) is 16.9. The van der Waals surface area contributed by atoms with Gasteiger partial charge in [0.05, 0.1) is 19.8 Å². The van der Waals surface area contributed by atoms with Gasteiger partial charge in [0.2, 0.25) is 0 Å². The van der Waals surface area contributed by atoms with Crippen molar-refractivity contribution in [3.63, 3.8) is 0 Å². The summed E-state index contributed by atoms with van der Waals surface area (Å²) in [5.41, 5.74) is 6.21. The Morgan fingerprint density at radius 1 is 1.18 bits per heavy atom. The fourth-order valence-corrected chi connectivity index (χ4v) is 3.42. The van der Waals surface area contributed by atoms with Crippen molar-refractivity contribution in [3.8, 4) is 0 Å². The molecule has 2 aliphatic heterocycles. The highest BCUT2D eigenvalue weighted by molar-refractivity contribution is 14.0. The molecule has 0 aromatic rings. The molecule has 2 saturated heterocycles. The van der Waals surface area contributed by atoms with E-state index in [0.29, 0.717) is 5.96 Å². The molecule has 2 rings (SSSR count). The first-order chi connectivity index (χ1) is 9.88. The average molecular weight is 424 g/mol. The highest BCUT2D eigenvalue weighted by atomic mass is 127. The number of hydrogen-bond donors (Lipinski definition) is 1.